The van der Waals surface area contributed by atoms with Crippen LogP contribution in [0.4, 0.5) is 5.69 Å². The predicted octanol–water partition coefficient (Wildman–Crippen LogP) is 4.71. The van der Waals surface area contributed by atoms with Crippen molar-refractivity contribution in [1.29, 1.82) is 0 Å². The number of hydrogen-bond donors (Lipinski definition) is 1. The summed E-state index contributed by atoms with van der Waals surface area (Å²) in [6, 6.07) is 17.2. The molecule has 1 saturated heterocycles. The van der Waals surface area contributed by atoms with Crippen molar-refractivity contribution in [2.24, 2.45) is 13.0 Å². The number of anilines is 1. The Hall–Kier alpha value is -4.00. The van der Waals surface area contributed by atoms with Crippen molar-refractivity contribution >= 4 is 28.3 Å². The second-order valence-corrected chi connectivity index (χ2v) is 9.19. The normalized spacial score (nSPS) is 16.1. The van der Waals surface area contributed by atoms with E-state index in [0.29, 0.717) is 36.0 Å². The lowest BCUT2D eigenvalue weighted by Crippen LogP contribution is -2.33. The molecule has 7 nitrogen and oxygen atoms in total. The molecular weight excluding hydrogens is 438 g/mol. The molecule has 1 aliphatic heterocycles. The summed E-state index contributed by atoms with van der Waals surface area (Å²) in [5, 5.41) is 9.44. The van der Waals surface area contributed by atoms with E-state index < -0.39 is 0 Å². The minimum Gasteiger partial charge on any atom is -0.339 e. The van der Waals surface area contributed by atoms with Gasteiger partial charge in [0, 0.05) is 44.1 Å². The molecule has 178 valence electrons. The van der Waals surface area contributed by atoms with Crippen molar-refractivity contribution in [3.63, 3.8) is 0 Å². The number of para-hydroxylation sites is 1. The fourth-order valence-corrected chi connectivity index (χ4v) is 4.90. The number of nitrogens with one attached hydrogen (secondary N) is 1. The number of fused-ring (bicyclic) bond motifs is 1. The quantitative estimate of drug-likeness (QED) is 0.461. The minimum atomic E-state index is -0.328. The standard InChI is InChI=1S/C28H29N5O2/c1-32-15-13-26(31-32)27(34)30-25-11-5-4-10-24(25)28(35)33-14-6-7-20(12-16-33)17-22-19-29-18-21-8-2-3-9-23(21)22/h2-5,8-11,13,15,18-20H,6-7,12,14,16-17H2,1H3,(H,30,34). The fourth-order valence-electron chi connectivity index (χ4n) is 4.90. The first kappa shape index (κ1) is 22.8. The van der Waals surface area contributed by atoms with E-state index in [1.165, 1.54) is 16.3 Å². The summed E-state index contributed by atoms with van der Waals surface area (Å²) in [5.41, 5.74) is 2.61. The van der Waals surface area contributed by atoms with Gasteiger partial charge in [-0.2, -0.15) is 5.10 Å². The maximum atomic E-state index is 13.5. The van der Waals surface area contributed by atoms with Crippen LogP contribution in [-0.2, 0) is 13.5 Å². The Morgan fingerprint density at radius 1 is 1.00 bits per heavy atom. The number of rotatable bonds is 5. The summed E-state index contributed by atoms with van der Waals surface area (Å²) in [5.74, 6) is 0.124. The zero-order valence-electron chi connectivity index (χ0n) is 19.9. The summed E-state index contributed by atoms with van der Waals surface area (Å²) in [4.78, 5) is 32.5. The molecule has 1 aliphatic rings. The van der Waals surface area contributed by atoms with Crippen molar-refractivity contribution in [3.05, 3.63) is 90.0 Å². The summed E-state index contributed by atoms with van der Waals surface area (Å²) >= 11 is 0. The molecule has 1 unspecified atom stereocenters. The van der Waals surface area contributed by atoms with Gasteiger partial charge in [-0.25, -0.2) is 0 Å². The van der Waals surface area contributed by atoms with Gasteiger partial charge in [-0.3, -0.25) is 19.3 Å². The van der Waals surface area contributed by atoms with Crippen molar-refractivity contribution in [1.82, 2.24) is 19.7 Å². The lowest BCUT2D eigenvalue weighted by atomic mass is 9.91. The Balaban J connectivity index is 1.27. The molecule has 4 aromatic rings. The molecule has 35 heavy (non-hydrogen) atoms. The molecule has 1 fully saturated rings. The van der Waals surface area contributed by atoms with Crippen LogP contribution in [0.1, 0.15) is 45.7 Å². The third-order valence-corrected chi connectivity index (χ3v) is 6.75. The van der Waals surface area contributed by atoms with Crippen LogP contribution in [0.15, 0.2) is 73.2 Å². The van der Waals surface area contributed by atoms with Crippen molar-refractivity contribution in [2.75, 3.05) is 18.4 Å². The number of likely N-dealkylation sites (tertiary alicyclic amines) is 1. The van der Waals surface area contributed by atoms with Gasteiger partial charge >= 0.3 is 0 Å². The van der Waals surface area contributed by atoms with Gasteiger partial charge in [-0.05, 0) is 60.7 Å². The lowest BCUT2D eigenvalue weighted by Gasteiger charge is -2.22. The van der Waals surface area contributed by atoms with Gasteiger partial charge in [0.15, 0.2) is 5.69 Å². The molecule has 1 N–H and O–H groups in total. The SMILES string of the molecule is Cn1ccc(C(=O)Nc2ccccc2C(=O)N2CCCC(Cc3cncc4ccccc34)CC2)n1. The highest BCUT2D eigenvalue weighted by molar-refractivity contribution is 6.08. The second kappa shape index (κ2) is 10.1. The molecule has 0 bridgehead atoms. The molecule has 1 atom stereocenters. The highest BCUT2D eigenvalue weighted by Crippen LogP contribution is 2.27. The Kier molecular flexibility index (Phi) is 6.57. The molecule has 0 radical (unpaired) electrons. The molecule has 7 heteroatoms. The molecule has 0 aliphatic carbocycles. The average molecular weight is 468 g/mol. The van der Waals surface area contributed by atoms with Crippen LogP contribution >= 0.6 is 0 Å². The molecule has 0 spiro atoms. The number of pyridine rings is 1. The van der Waals surface area contributed by atoms with E-state index in [9.17, 15) is 9.59 Å². The molecule has 3 heterocycles. The first-order valence-corrected chi connectivity index (χ1v) is 12.1. The van der Waals surface area contributed by atoms with E-state index in [-0.39, 0.29) is 11.8 Å². The summed E-state index contributed by atoms with van der Waals surface area (Å²) in [6.07, 6.45) is 9.55. The summed E-state index contributed by atoms with van der Waals surface area (Å²) < 4.78 is 1.58. The second-order valence-electron chi connectivity index (χ2n) is 9.19. The van der Waals surface area contributed by atoms with E-state index in [4.69, 9.17) is 0 Å². The van der Waals surface area contributed by atoms with E-state index in [1.807, 2.05) is 35.5 Å². The number of carbonyl (C=O) groups excluding carboxylic acids is 2. The Morgan fingerprint density at radius 3 is 2.69 bits per heavy atom. The third-order valence-electron chi connectivity index (χ3n) is 6.75. The van der Waals surface area contributed by atoms with E-state index >= 15 is 0 Å². The smallest absolute Gasteiger partial charge is 0.276 e. The first-order valence-electron chi connectivity index (χ1n) is 12.1. The summed E-state index contributed by atoms with van der Waals surface area (Å²) in [6.45, 7) is 1.41. The number of aryl methyl sites for hydroxylation is 1. The van der Waals surface area contributed by atoms with Crippen LogP contribution in [0.5, 0.6) is 0 Å². The van der Waals surface area contributed by atoms with Gasteiger partial charge in [-0.15, -0.1) is 0 Å². The van der Waals surface area contributed by atoms with E-state index in [2.05, 4.69) is 33.6 Å². The van der Waals surface area contributed by atoms with Crippen LogP contribution in [0.3, 0.4) is 0 Å². The number of amides is 2. The number of nitrogens with zero attached hydrogens (tertiary/aromatic N) is 4. The van der Waals surface area contributed by atoms with Crippen molar-refractivity contribution in [2.45, 2.75) is 25.7 Å². The van der Waals surface area contributed by atoms with Gasteiger partial charge in [0.1, 0.15) is 0 Å². The number of aromatic nitrogens is 3. The maximum absolute atomic E-state index is 13.5. The molecule has 5 rings (SSSR count). The van der Waals surface area contributed by atoms with Crippen molar-refractivity contribution in [3.8, 4) is 0 Å². The molecule has 2 aromatic carbocycles. The minimum absolute atomic E-state index is 0.0469. The monoisotopic (exact) mass is 467 g/mol. The van der Waals surface area contributed by atoms with E-state index in [0.717, 1.165) is 25.7 Å². The fraction of sp³-hybridized carbons (Fsp3) is 0.286. The molecular formula is C28H29N5O2. The van der Waals surface area contributed by atoms with Gasteiger partial charge in [0.05, 0.1) is 11.3 Å². The van der Waals surface area contributed by atoms with Crippen molar-refractivity contribution < 1.29 is 9.59 Å². The highest BCUT2D eigenvalue weighted by Gasteiger charge is 2.24. The van der Waals surface area contributed by atoms with E-state index in [1.54, 1.807) is 36.1 Å². The molecule has 2 amide bonds. The number of hydrogen-bond acceptors (Lipinski definition) is 4. The van der Waals surface area contributed by atoms with Crippen LogP contribution in [0.2, 0.25) is 0 Å². The zero-order valence-corrected chi connectivity index (χ0v) is 19.9. The first-order chi connectivity index (χ1) is 17.1. The van der Waals surface area contributed by atoms with Gasteiger partial charge in [0.25, 0.3) is 11.8 Å². The Labute approximate surface area is 204 Å². The molecule has 2 aromatic heterocycles. The van der Waals surface area contributed by atoms with Crippen LogP contribution < -0.4 is 5.32 Å². The predicted molar refractivity (Wildman–Crippen MR) is 136 cm³/mol. The summed E-state index contributed by atoms with van der Waals surface area (Å²) in [7, 11) is 1.76. The lowest BCUT2D eigenvalue weighted by molar-refractivity contribution is 0.0761. The van der Waals surface area contributed by atoms with Gasteiger partial charge in [0.2, 0.25) is 0 Å². The third kappa shape index (κ3) is 5.09. The largest absolute Gasteiger partial charge is 0.339 e. The van der Waals surface area contributed by atoms with Crippen LogP contribution in [0, 0.1) is 5.92 Å². The Morgan fingerprint density at radius 2 is 1.83 bits per heavy atom. The number of carbonyl (C=O) groups is 2. The zero-order chi connectivity index (χ0) is 24.2. The number of benzene rings is 2. The highest BCUT2D eigenvalue weighted by atomic mass is 16.2. The van der Waals surface area contributed by atoms with Gasteiger partial charge < -0.3 is 10.2 Å². The molecule has 0 saturated carbocycles. The van der Waals surface area contributed by atoms with Gasteiger partial charge in [-0.1, -0.05) is 36.4 Å². The average Bonchev–Trinajstić information content (AvgIpc) is 3.18. The maximum Gasteiger partial charge on any atom is 0.276 e. The van der Waals surface area contributed by atoms with Crippen LogP contribution in [-0.4, -0.2) is 44.6 Å². The Bertz CT molecular complexity index is 1360. The van der Waals surface area contributed by atoms with Crippen LogP contribution in [0.25, 0.3) is 10.8 Å². The topological polar surface area (TPSA) is 80.1 Å².